The molecule has 1 aliphatic heterocycles. The molecule has 1 atom stereocenters. The van der Waals surface area contributed by atoms with E-state index in [1.54, 1.807) is 0 Å². The normalized spacial score (nSPS) is 19.0. The number of nitrogens with zero attached hydrogens (tertiary/aromatic N) is 2. The third-order valence-corrected chi connectivity index (χ3v) is 3.90. The number of carbonyl (C=O) groups excluding carboxylic acids is 2. The molecule has 1 heterocycles. The lowest BCUT2D eigenvalue weighted by Crippen LogP contribution is -2.58. The molecule has 2 amide bonds. The van der Waals surface area contributed by atoms with Crippen molar-refractivity contribution in [1.82, 2.24) is 9.80 Å². The first-order chi connectivity index (χ1) is 9.60. The average molecular weight is 300 g/mol. The van der Waals surface area contributed by atoms with Crippen LogP contribution in [0.2, 0.25) is 0 Å². The standard InChI is InChI=1S/C13H20N2O6/c1-13(2,12(20)21)14(3)9(16)10(17)15-7-5-4-6-8(15)11(18)19/h8H,4-7H2,1-3H3,(H,18,19)(H,20,21)/t8-/m0/s1. The molecular weight excluding hydrogens is 280 g/mol. The van der Waals surface area contributed by atoms with Crippen LogP contribution in [0.3, 0.4) is 0 Å². The van der Waals surface area contributed by atoms with Gasteiger partial charge in [-0.25, -0.2) is 9.59 Å². The third-order valence-electron chi connectivity index (χ3n) is 3.90. The zero-order chi connectivity index (χ0) is 16.4. The Morgan fingerprint density at radius 3 is 2.19 bits per heavy atom. The molecule has 0 unspecified atom stereocenters. The SMILES string of the molecule is CN(C(=O)C(=O)N1CCCC[C@H]1C(=O)O)C(C)(C)C(=O)O. The van der Waals surface area contributed by atoms with Crippen molar-refractivity contribution >= 4 is 23.8 Å². The molecule has 118 valence electrons. The van der Waals surface area contributed by atoms with Gasteiger partial charge in [0.05, 0.1) is 0 Å². The molecule has 0 aromatic heterocycles. The molecule has 1 aliphatic rings. The minimum absolute atomic E-state index is 0.183. The second kappa shape index (κ2) is 6.11. The van der Waals surface area contributed by atoms with Gasteiger partial charge in [0.25, 0.3) is 0 Å². The van der Waals surface area contributed by atoms with Crippen molar-refractivity contribution in [2.45, 2.75) is 44.7 Å². The summed E-state index contributed by atoms with van der Waals surface area (Å²) in [7, 11) is 1.22. The van der Waals surface area contributed by atoms with Crippen molar-refractivity contribution in [3.8, 4) is 0 Å². The van der Waals surface area contributed by atoms with Gasteiger partial charge in [-0.3, -0.25) is 9.59 Å². The number of likely N-dealkylation sites (tertiary alicyclic amines) is 1. The molecule has 8 nitrogen and oxygen atoms in total. The molecule has 21 heavy (non-hydrogen) atoms. The predicted molar refractivity (Wildman–Crippen MR) is 71.5 cm³/mol. The fraction of sp³-hybridized carbons (Fsp3) is 0.692. The fourth-order valence-electron chi connectivity index (χ4n) is 2.10. The third kappa shape index (κ3) is 3.32. The number of hydrogen-bond acceptors (Lipinski definition) is 4. The highest BCUT2D eigenvalue weighted by Crippen LogP contribution is 2.20. The first kappa shape index (κ1) is 16.9. The number of amides is 2. The maximum absolute atomic E-state index is 12.2. The van der Waals surface area contributed by atoms with Crippen LogP contribution in [0.25, 0.3) is 0 Å². The molecule has 0 aliphatic carbocycles. The minimum atomic E-state index is -1.55. The van der Waals surface area contributed by atoms with Gasteiger partial charge in [-0.15, -0.1) is 0 Å². The highest BCUT2D eigenvalue weighted by atomic mass is 16.4. The highest BCUT2D eigenvalue weighted by molar-refractivity contribution is 6.35. The smallest absolute Gasteiger partial charge is 0.329 e. The summed E-state index contributed by atoms with van der Waals surface area (Å²) in [6.45, 7) is 2.78. The monoisotopic (exact) mass is 300 g/mol. The largest absolute Gasteiger partial charge is 0.480 e. The van der Waals surface area contributed by atoms with E-state index in [0.29, 0.717) is 19.3 Å². The van der Waals surface area contributed by atoms with E-state index in [4.69, 9.17) is 10.2 Å². The molecule has 8 heteroatoms. The summed E-state index contributed by atoms with van der Waals surface area (Å²) in [6.07, 6.45) is 1.58. The van der Waals surface area contributed by atoms with Gasteiger partial charge < -0.3 is 20.0 Å². The Morgan fingerprint density at radius 2 is 1.71 bits per heavy atom. The van der Waals surface area contributed by atoms with E-state index >= 15 is 0 Å². The maximum atomic E-state index is 12.2. The maximum Gasteiger partial charge on any atom is 0.329 e. The molecular formula is C13H20N2O6. The summed E-state index contributed by atoms with van der Waals surface area (Å²) in [5, 5.41) is 18.2. The van der Waals surface area contributed by atoms with Crippen LogP contribution in [-0.4, -0.2) is 68.9 Å². The van der Waals surface area contributed by atoms with Gasteiger partial charge in [-0.2, -0.15) is 0 Å². The van der Waals surface area contributed by atoms with Crippen molar-refractivity contribution in [1.29, 1.82) is 0 Å². The Labute approximate surface area is 122 Å². The summed E-state index contributed by atoms with van der Waals surface area (Å²) in [5.41, 5.74) is -1.55. The van der Waals surface area contributed by atoms with Crippen LogP contribution in [0.5, 0.6) is 0 Å². The van der Waals surface area contributed by atoms with E-state index in [0.717, 1.165) is 9.80 Å². The number of rotatable bonds is 3. The topological polar surface area (TPSA) is 115 Å². The van der Waals surface area contributed by atoms with Crippen molar-refractivity contribution in [2.75, 3.05) is 13.6 Å². The van der Waals surface area contributed by atoms with Gasteiger partial charge >= 0.3 is 23.8 Å². The van der Waals surface area contributed by atoms with E-state index in [2.05, 4.69) is 0 Å². The quantitative estimate of drug-likeness (QED) is 0.696. The van der Waals surface area contributed by atoms with Crippen LogP contribution < -0.4 is 0 Å². The summed E-state index contributed by atoms with van der Waals surface area (Å²) in [5.74, 6) is -4.40. The van der Waals surface area contributed by atoms with E-state index in [9.17, 15) is 19.2 Å². The van der Waals surface area contributed by atoms with Crippen LogP contribution >= 0.6 is 0 Å². The summed E-state index contributed by atoms with van der Waals surface area (Å²) in [4.78, 5) is 48.5. The summed E-state index contributed by atoms with van der Waals surface area (Å²) in [6, 6.07) is -1.03. The molecule has 1 rings (SSSR count). The van der Waals surface area contributed by atoms with Crippen LogP contribution in [0.4, 0.5) is 0 Å². The van der Waals surface area contributed by atoms with Crippen molar-refractivity contribution < 1.29 is 29.4 Å². The Hall–Kier alpha value is -2.12. The molecule has 1 fully saturated rings. The Bertz CT molecular complexity index is 473. The minimum Gasteiger partial charge on any atom is -0.480 e. The van der Waals surface area contributed by atoms with Gasteiger partial charge in [0.1, 0.15) is 11.6 Å². The van der Waals surface area contributed by atoms with E-state index in [1.165, 1.54) is 20.9 Å². The number of aliphatic carboxylic acids is 2. The van der Waals surface area contributed by atoms with Crippen LogP contribution in [0, 0.1) is 0 Å². The second-order valence-electron chi connectivity index (χ2n) is 5.58. The van der Waals surface area contributed by atoms with Gasteiger partial charge in [0.2, 0.25) is 0 Å². The zero-order valence-corrected chi connectivity index (χ0v) is 12.3. The van der Waals surface area contributed by atoms with Crippen LogP contribution in [0.1, 0.15) is 33.1 Å². The van der Waals surface area contributed by atoms with Gasteiger partial charge in [0, 0.05) is 13.6 Å². The summed E-state index contributed by atoms with van der Waals surface area (Å²) >= 11 is 0. The molecule has 0 aromatic carbocycles. The Kier molecular flexibility index (Phi) is 4.93. The van der Waals surface area contributed by atoms with Crippen LogP contribution in [0.15, 0.2) is 0 Å². The first-order valence-corrected chi connectivity index (χ1v) is 6.65. The number of carboxylic acid groups (broad SMARTS) is 2. The average Bonchev–Trinajstić information content (AvgIpc) is 2.44. The Balaban J connectivity index is 2.93. The lowest BCUT2D eigenvalue weighted by Gasteiger charge is -2.36. The zero-order valence-electron chi connectivity index (χ0n) is 12.3. The van der Waals surface area contributed by atoms with E-state index in [1.807, 2.05) is 0 Å². The first-order valence-electron chi connectivity index (χ1n) is 6.65. The van der Waals surface area contributed by atoms with Gasteiger partial charge in [-0.05, 0) is 33.1 Å². The molecule has 0 saturated carbocycles. The van der Waals surface area contributed by atoms with Crippen LogP contribution in [-0.2, 0) is 19.2 Å². The number of carboxylic acids is 2. The van der Waals surface area contributed by atoms with E-state index in [-0.39, 0.29) is 6.54 Å². The van der Waals surface area contributed by atoms with E-state index < -0.39 is 35.3 Å². The molecule has 0 aromatic rings. The second-order valence-corrected chi connectivity index (χ2v) is 5.58. The van der Waals surface area contributed by atoms with Gasteiger partial charge in [0.15, 0.2) is 0 Å². The lowest BCUT2D eigenvalue weighted by molar-refractivity contribution is -0.165. The molecule has 1 saturated heterocycles. The molecule has 2 N–H and O–H groups in total. The van der Waals surface area contributed by atoms with Crippen molar-refractivity contribution in [3.63, 3.8) is 0 Å². The fourth-order valence-corrected chi connectivity index (χ4v) is 2.10. The van der Waals surface area contributed by atoms with Gasteiger partial charge in [-0.1, -0.05) is 0 Å². The van der Waals surface area contributed by atoms with Crippen molar-refractivity contribution in [3.05, 3.63) is 0 Å². The number of likely N-dealkylation sites (N-methyl/N-ethyl adjacent to an activating group) is 1. The molecule has 0 bridgehead atoms. The number of hydrogen-bond donors (Lipinski definition) is 2. The predicted octanol–water partition coefficient (Wildman–Crippen LogP) is -0.226. The number of carbonyl (C=O) groups is 4. The lowest BCUT2D eigenvalue weighted by atomic mass is 10.0. The summed E-state index contributed by atoms with van der Waals surface area (Å²) < 4.78 is 0. The highest BCUT2D eigenvalue weighted by Gasteiger charge is 2.42. The van der Waals surface area contributed by atoms with Crippen molar-refractivity contribution in [2.24, 2.45) is 0 Å². The Morgan fingerprint density at radius 1 is 1.14 bits per heavy atom. The number of piperidine rings is 1. The molecule has 0 radical (unpaired) electrons. The molecule has 0 spiro atoms.